The van der Waals surface area contributed by atoms with Gasteiger partial charge in [-0.1, -0.05) is 0 Å². The van der Waals surface area contributed by atoms with E-state index < -0.39 is 27.4 Å². The van der Waals surface area contributed by atoms with Crippen LogP contribution in [0.4, 0.5) is 16.2 Å². The normalized spacial score (nSPS) is 10.2. The van der Waals surface area contributed by atoms with Crippen LogP contribution in [-0.2, 0) is 4.74 Å². The molecule has 1 aromatic heterocycles. The van der Waals surface area contributed by atoms with Crippen LogP contribution in [0.5, 0.6) is 5.88 Å². The van der Waals surface area contributed by atoms with Gasteiger partial charge in [-0.3, -0.25) is 24.8 Å². The number of carbonyl (C=O) groups is 1. The number of nitro groups is 2. The van der Waals surface area contributed by atoms with Gasteiger partial charge < -0.3 is 9.47 Å². The molecule has 0 amide bonds. The van der Waals surface area contributed by atoms with Crippen molar-refractivity contribution in [2.45, 2.75) is 13.8 Å². The Morgan fingerprint density at radius 2 is 2.00 bits per heavy atom. The average molecular weight is 336 g/mol. The van der Waals surface area contributed by atoms with Crippen LogP contribution in [0.2, 0.25) is 0 Å². The number of ether oxygens (including phenoxy) is 2. The van der Waals surface area contributed by atoms with Crippen LogP contribution in [0, 0.1) is 27.2 Å². The van der Waals surface area contributed by atoms with E-state index in [1.165, 1.54) is 23.8 Å². The van der Waals surface area contributed by atoms with Gasteiger partial charge in [0.05, 0.1) is 28.7 Å². The third kappa shape index (κ3) is 3.45. The maximum Gasteiger partial charge on any atom is 0.515 e. The Morgan fingerprint density at radius 3 is 2.58 bits per heavy atom. The van der Waals surface area contributed by atoms with Crippen LogP contribution < -0.4 is 4.74 Å². The Kier molecular flexibility index (Phi) is 4.73. The van der Waals surface area contributed by atoms with E-state index in [4.69, 9.17) is 4.74 Å². The molecule has 0 saturated heterocycles. The van der Waals surface area contributed by atoms with E-state index in [9.17, 15) is 25.0 Å². The molecule has 0 atom stereocenters. The van der Waals surface area contributed by atoms with Crippen LogP contribution >= 0.6 is 0 Å². The molecular weight excluding hydrogens is 324 g/mol. The van der Waals surface area contributed by atoms with E-state index in [-0.39, 0.29) is 24.0 Å². The Bertz CT molecular complexity index is 815. The number of aromatic nitrogens is 2. The third-order valence-electron chi connectivity index (χ3n) is 2.94. The minimum Gasteiger partial charge on any atom is -0.434 e. The van der Waals surface area contributed by atoms with Gasteiger partial charge in [0.2, 0.25) is 5.88 Å². The van der Waals surface area contributed by atoms with Crippen LogP contribution in [-0.4, -0.2) is 32.2 Å². The summed E-state index contributed by atoms with van der Waals surface area (Å²) < 4.78 is 10.7. The van der Waals surface area contributed by atoms with Crippen LogP contribution in [0.3, 0.4) is 0 Å². The zero-order valence-corrected chi connectivity index (χ0v) is 12.7. The number of hydrogen-bond donors (Lipinski definition) is 0. The van der Waals surface area contributed by atoms with E-state index >= 15 is 0 Å². The molecule has 0 spiro atoms. The first kappa shape index (κ1) is 16.9. The zero-order valence-electron chi connectivity index (χ0n) is 12.7. The van der Waals surface area contributed by atoms with Crippen LogP contribution in [0.1, 0.15) is 12.7 Å². The molecule has 0 radical (unpaired) electrons. The summed E-state index contributed by atoms with van der Waals surface area (Å²) >= 11 is 0. The fourth-order valence-corrected chi connectivity index (χ4v) is 1.95. The maximum atomic E-state index is 11.3. The minimum atomic E-state index is -0.958. The SMILES string of the molecule is CCOC(=O)Oc1cn(-c2ccc([N+](=O)[O-])cc2[N+](=O)[O-])c(C)n1. The average Bonchev–Trinajstić information content (AvgIpc) is 2.86. The van der Waals surface area contributed by atoms with Gasteiger partial charge in [-0.15, -0.1) is 0 Å². The van der Waals surface area contributed by atoms with Gasteiger partial charge in [0.1, 0.15) is 11.5 Å². The second kappa shape index (κ2) is 6.73. The van der Waals surface area contributed by atoms with Crippen LogP contribution in [0.25, 0.3) is 5.69 Å². The van der Waals surface area contributed by atoms with Crippen molar-refractivity contribution < 1.29 is 24.1 Å². The number of rotatable bonds is 5. The molecule has 0 N–H and O–H groups in total. The van der Waals surface area contributed by atoms with E-state index in [1.54, 1.807) is 6.92 Å². The lowest BCUT2D eigenvalue weighted by molar-refractivity contribution is -0.394. The van der Waals surface area contributed by atoms with Crippen molar-refractivity contribution in [3.63, 3.8) is 0 Å². The first-order valence-electron chi connectivity index (χ1n) is 6.67. The molecule has 0 unspecified atom stereocenters. The van der Waals surface area contributed by atoms with Crippen molar-refractivity contribution in [3.05, 3.63) is 50.4 Å². The summed E-state index contributed by atoms with van der Waals surface area (Å²) in [4.78, 5) is 35.7. The predicted octanol–water partition coefficient (Wildman–Crippen LogP) is 2.53. The molecule has 24 heavy (non-hydrogen) atoms. The predicted molar refractivity (Wildman–Crippen MR) is 79.3 cm³/mol. The second-order valence-electron chi connectivity index (χ2n) is 4.47. The van der Waals surface area contributed by atoms with Crippen molar-refractivity contribution in [3.8, 4) is 11.6 Å². The van der Waals surface area contributed by atoms with Crippen molar-refractivity contribution in [1.29, 1.82) is 0 Å². The Morgan fingerprint density at radius 1 is 1.29 bits per heavy atom. The first-order valence-corrected chi connectivity index (χ1v) is 6.67. The van der Waals surface area contributed by atoms with Gasteiger partial charge in [0.25, 0.3) is 11.4 Å². The standard InChI is InChI=1S/C13H12N4O7/c1-3-23-13(18)24-12-7-15(8(2)14-12)10-5-4-9(16(19)20)6-11(10)17(21)22/h4-7H,3H2,1-2H3. The molecule has 126 valence electrons. The summed E-state index contributed by atoms with van der Waals surface area (Å²) in [5.74, 6) is 0.171. The van der Waals surface area contributed by atoms with Crippen molar-refractivity contribution in [2.75, 3.05) is 6.61 Å². The number of aryl methyl sites for hydroxylation is 1. The highest BCUT2D eigenvalue weighted by Crippen LogP contribution is 2.29. The topological polar surface area (TPSA) is 140 Å². The van der Waals surface area contributed by atoms with E-state index in [2.05, 4.69) is 9.72 Å². The molecule has 0 saturated carbocycles. The number of hydrogen-bond acceptors (Lipinski definition) is 8. The first-order chi connectivity index (χ1) is 11.3. The molecule has 0 aliphatic rings. The smallest absolute Gasteiger partial charge is 0.434 e. The lowest BCUT2D eigenvalue weighted by Crippen LogP contribution is -2.10. The summed E-state index contributed by atoms with van der Waals surface area (Å²) in [5.41, 5.74) is -0.840. The van der Waals surface area contributed by atoms with Gasteiger partial charge in [-0.05, 0) is 19.9 Å². The molecule has 1 heterocycles. The summed E-state index contributed by atoms with van der Waals surface area (Å²) in [6.07, 6.45) is 0.292. The molecular formula is C13H12N4O7. The molecule has 0 aliphatic carbocycles. The Balaban J connectivity index is 2.45. The highest BCUT2D eigenvalue weighted by Gasteiger charge is 2.23. The largest absolute Gasteiger partial charge is 0.515 e. The highest BCUT2D eigenvalue weighted by molar-refractivity contribution is 5.63. The molecule has 0 aliphatic heterocycles. The minimum absolute atomic E-state index is 0.0503. The van der Waals surface area contributed by atoms with Gasteiger partial charge in [-0.25, -0.2) is 4.79 Å². The quantitative estimate of drug-likeness (QED) is 0.461. The van der Waals surface area contributed by atoms with Gasteiger partial charge in [-0.2, -0.15) is 4.98 Å². The summed E-state index contributed by atoms with van der Waals surface area (Å²) in [6.45, 7) is 3.25. The molecule has 11 nitrogen and oxygen atoms in total. The lowest BCUT2D eigenvalue weighted by Gasteiger charge is -2.05. The molecule has 1 aromatic carbocycles. The highest BCUT2D eigenvalue weighted by atomic mass is 16.7. The van der Waals surface area contributed by atoms with E-state index in [0.29, 0.717) is 0 Å². The van der Waals surface area contributed by atoms with Crippen molar-refractivity contribution in [2.24, 2.45) is 0 Å². The molecule has 11 heteroatoms. The monoisotopic (exact) mass is 336 g/mol. The number of nitrogens with zero attached hydrogens (tertiary/aromatic N) is 4. The number of nitro benzene ring substituents is 2. The molecule has 0 bridgehead atoms. The van der Waals surface area contributed by atoms with Gasteiger partial charge in [0, 0.05) is 6.07 Å². The van der Waals surface area contributed by atoms with Crippen molar-refractivity contribution >= 4 is 17.5 Å². The van der Waals surface area contributed by atoms with Gasteiger partial charge >= 0.3 is 6.16 Å². The molecule has 0 fully saturated rings. The Hall–Kier alpha value is -3.50. The maximum absolute atomic E-state index is 11.3. The number of non-ortho nitro benzene ring substituents is 1. The van der Waals surface area contributed by atoms with E-state index in [0.717, 1.165) is 12.1 Å². The number of benzene rings is 1. The lowest BCUT2D eigenvalue weighted by atomic mass is 10.2. The van der Waals surface area contributed by atoms with Gasteiger partial charge in [0.15, 0.2) is 0 Å². The van der Waals surface area contributed by atoms with E-state index in [1.807, 2.05) is 0 Å². The number of carbonyl (C=O) groups excluding carboxylic acids is 1. The van der Waals surface area contributed by atoms with Crippen LogP contribution in [0.15, 0.2) is 24.4 Å². The summed E-state index contributed by atoms with van der Waals surface area (Å²) in [6, 6.07) is 3.20. The summed E-state index contributed by atoms with van der Waals surface area (Å²) in [7, 11) is 0. The molecule has 2 rings (SSSR count). The third-order valence-corrected chi connectivity index (χ3v) is 2.94. The zero-order chi connectivity index (χ0) is 17.9. The fourth-order valence-electron chi connectivity index (χ4n) is 1.95. The fraction of sp³-hybridized carbons (Fsp3) is 0.231. The molecule has 2 aromatic rings. The Labute approximate surface area is 134 Å². The number of imidazole rings is 1. The summed E-state index contributed by atoms with van der Waals surface area (Å²) in [5, 5.41) is 22.0. The van der Waals surface area contributed by atoms with Crippen molar-refractivity contribution in [1.82, 2.24) is 9.55 Å². The second-order valence-corrected chi connectivity index (χ2v) is 4.47.